The van der Waals surface area contributed by atoms with Crippen molar-refractivity contribution in [2.45, 2.75) is 70.6 Å². The summed E-state index contributed by atoms with van der Waals surface area (Å²) in [6.45, 7) is 15.8. The molecule has 0 radical (unpaired) electrons. The highest BCUT2D eigenvalue weighted by atomic mass is 16.7. The molecule has 0 aromatic rings. The third-order valence-electron chi connectivity index (χ3n) is 6.09. The summed E-state index contributed by atoms with van der Waals surface area (Å²) in [4.78, 5) is 2.19. The number of nitrogens with zero attached hydrogens (tertiary/aromatic N) is 1. The van der Waals surface area contributed by atoms with E-state index in [0.29, 0.717) is 19.1 Å². The number of hydrogen-bond acceptors (Lipinski definition) is 5. The van der Waals surface area contributed by atoms with Crippen LogP contribution < -0.4 is 0 Å². The van der Waals surface area contributed by atoms with Gasteiger partial charge in [-0.05, 0) is 58.8 Å². The molecular formula is C16H29B2NO4. The fourth-order valence-corrected chi connectivity index (χ4v) is 4.04. The van der Waals surface area contributed by atoms with Gasteiger partial charge in [-0.1, -0.05) is 0 Å². The zero-order valence-electron chi connectivity index (χ0n) is 15.0. The highest BCUT2D eigenvalue weighted by Crippen LogP contribution is 2.42. The van der Waals surface area contributed by atoms with E-state index in [2.05, 4.69) is 39.1 Å². The first kappa shape index (κ1) is 17.5. The maximum atomic E-state index is 10.1. The molecule has 3 saturated heterocycles. The number of fused-ring (bicyclic) bond motifs is 2. The minimum atomic E-state index is -0.431. The van der Waals surface area contributed by atoms with Crippen molar-refractivity contribution < 1.29 is 19.1 Å². The van der Waals surface area contributed by atoms with Crippen LogP contribution in [0, 0.1) is 5.92 Å². The van der Waals surface area contributed by atoms with E-state index in [-0.39, 0.29) is 30.4 Å². The third-order valence-corrected chi connectivity index (χ3v) is 6.09. The molecule has 3 rings (SSSR count). The van der Waals surface area contributed by atoms with Crippen molar-refractivity contribution in [2.75, 3.05) is 13.2 Å². The Balaban J connectivity index is 1.71. The van der Waals surface area contributed by atoms with Crippen LogP contribution in [0.3, 0.4) is 0 Å². The van der Waals surface area contributed by atoms with Crippen LogP contribution in [-0.2, 0) is 14.0 Å². The van der Waals surface area contributed by atoms with E-state index >= 15 is 0 Å². The lowest BCUT2D eigenvalue weighted by Crippen LogP contribution is -2.62. The Hall–Kier alpha value is -0.330. The maximum absolute atomic E-state index is 10.1. The lowest BCUT2D eigenvalue weighted by atomic mass is 9.64. The highest BCUT2D eigenvalue weighted by Gasteiger charge is 2.54. The van der Waals surface area contributed by atoms with Crippen LogP contribution >= 0.6 is 0 Å². The second-order valence-corrected chi connectivity index (χ2v) is 8.26. The first-order chi connectivity index (χ1) is 10.6. The summed E-state index contributed by atoms with van der Waals surface area (Å²) in [7, 11) is -0.773. The number of hydrogen-bond donors (Lipinski definition) is 1. The maximum Gasteiger partial charge on any atom is 0.490 e. The van der Waals surface area contributed by atoms with Gasteiger partial charge in [-0.15, -0.1) is 6.58 Å². The van der Waals surface area contributed by atoms with E-state index in [0.717, 1.165) is 18.3 Å². The summed E-state index contributed by atoms with van der Waals surface area (Å²) in [5.74, 6) is 0.346. The zero-order chi connectivity index (χ0) is 17.0. The van der Waals surface area contributed by atoms with Crippen molar-refractivity contribution in [3.05, 3.63) is 12.1 Å². The standard InChI is InChI=1S/C16H29B2NO4/c1-11(18-22-15(2,3)16(4,5)23-18)12-7-13-9-21-10-14(8-12)19(13)17(6)20/h12-14,20H,1,7-10H2,2-6H3. The molecule has 1 N–H and O–H groups in total. The van der Waals surface area contributed by atoms with Crippen molar-refractivity contribution in [3.8, 4) is 0 Å². The number of rotatable bonds is 3. The quantitative estimate of drug-likeness (QED) is 0.803. The van der Waals surface area contributed by atoms with Gasteiger partial charge in [0.25, 0.3) is 0 Å². The number of ether oxygens (including phenoxy) is 1. The van der Waals surface area contributed by atoms with E-state index in [9.17, 15) is 5.02 Å². The van der Waals surface area contributed by atoms with Crippen molar-refractivity contribution in [1.29, 1.82) is 0 Å². The van der Waals surface area contributed by atoms with E-state index in [1.807, 2.05) is 6.82 Å². The number of allylic oxidation sites excluding steroid dienone is 1. The van der Waals surface area contributed by atoms with Gasteiger partial charge < -0.3 is 23.9 Å². The van der Waals surface area contributed by atoms with Crippen molar-refractivity contribution in [3.63, 3.8) is 0 Å². The van der Waals surface area contributed by atoms with Gasteiger partial charge in [0.15, 0.2) is 0 Å². The van der Waals surface area contributed by atoms with Gasteiger partial charge in [-0.2, -0.15) is 0 Å². The molecule has 2 atom stereocenters. The Bertz CT molecular complexity index is 453. The normalized spacial score (nSPS) is 36.1. The van der Waals surface area contributed by atoms with Gasteiger partial charge >= 0.3 is 14.2 Å². The molecule has 5 nitrogen and oxygen atoms in total. The SMILES string of the molecule is C=C(B1OC(C)(C)C(C)(C)O1)C1CC2COCC(C1)N2B(C)O. The van der Waals surface area contributed by atoms with Gasteiger partial charge in [0.1, 0.15) is 0 Å². The largest absolute Gasteiger partial charge is 0.490 e. The zero-order valence-corrected chi connectivity index (χ0v) is 15.0. The Morgan fingerprint density at radius 1 is 1.13 bits per heavy atom. The summed E-state index contributed by atoms with van der Waals surface area (Å²) < 4.78 is 18.0. The fourth-order valence-electron chi connectivity index (χ4n) is 4.04. The van der Waals surface area contributed by atoms with Gasteiger partial charge in [0.2, 0.25) is 0 Å². The van der Waals surface area contributed by atoms with Gasteiger partial charge in [-0.25, -0.2) is 0 Å². The topological polar surface area (TPSA) is 51.2 Å². The van der Waals surface area contributed by atoms with Crippen LogP contribution in [0.2, 0.25) is 6.82 Å². The average molecular weight is 321 g/mol. The molecule has 0 aromatic heterocycles. The molecule has 2 unspecified atom stereocenters. The Morgan fingerprint density at radius 3 is 2.04 bits per heavy atom. The van der Waals surface area contributed by atoms with E-state index in [4.69, 9.17) is 14.0 Å². The monoisotopic (exact) mass is 321 g/mol. The summed E-state index contributed by atoms with van der Waals surface area (Å²) >= 11 is 0. The molecule has 3 heterocycles. The first-order valence-electron chi connectivity index (χ1n) is 8.70. The molecule has 0 amide bonds. The molecule has 2 bridgehead atoms. The molecule has 0 aromatic carbocycles. The molecule has 0 saturated carbocycles. The van der Waals surface area contributed by atoms with Gasteiger partial charge in [0.05, 0.1) is 24.4 Å². The summed E-state index contributed by atoms with van der Waals surface area (Å²) in [6, 6.07) is 0.485. The van der Waals surface area contributed by atoms with Gasteiger partial charge in [0, 0.05) is 12.1 Å². The molecule has 3 fully saturated rings. The molecule has 23 heavy (non-hydrogen) atoms. The molecule has 3 aliphatic rings. The summed E-state index contributed by atoms with van der Waals surface area (Å²) in [5.41, 5.74) is 0.366. The predicted octanol–water partition coefficient (Wildman–Crippen LogP) is 1.76. The van der Waals surface area contributed by atoms with Crippen molar-refractivity contribution in [1.82, 2.24) is 4.81 Å². The predicted molar refractivity (Wildman–Crippen MR) is 92.0 cm³/mol. The summed E-state index contributed by atoms with van der Waals surface area (Å²) in [5, 5.41) is 10.1. The van der Waals surface area contributed by atoms with Crippen LogP contribution in [0.15, 0.2) is 12.1 Å². The van der Waals surface area contributed by atoms with Crippen LogP contribution in [-0.4, -0.2) is 60.5 Å². The Kier molecular flexibility index (Phi) is 4.47. The molecule has 128 valence electrons. The second-order valence-electron chi connectivity index (χ2n) is 8.26. The Labute approximate surface area is 140 Å². The lowest BCUT2D eigenvalue weighted by Gasteiger charge is -2.49. The van der Waals surface area contributed by atoms with Crippen molar-refractivity contribution in [2.24, 2.45) is 5.92 Å². The lowest BCUT2D eigenvalue weighted by molar-refractivity contribution is -0.0492. The van der Waals surface area contributed by atoms with Crippen LogP contribution in [0.4, 0.5) is 0 Å². The molecule has 0 spiro atoms. The van der Waals surface area contributed by atoms with E-state index in [1.54, 1.807) is 0 Å². The van der Waals surface area contributed by atoms with Crippen LogP contribution in [0.5, 0.6) is 0 Å². The second kappa shape index (κ2) is 5.88. The van der Waals surface area contributed by atoms with Crippen LogP contribution in [0.25, 0.3) is 0 Å². The van der Waals surface area contributed by atoms with Crippen LogP contribution in [0.1, 0.15) is 40.5 Å². The molecule has 7 heteroatoms. The van der Waals surface area contributed by atoms with Gasteiger partial charge in [-0.3, -0.25) is 0 Å². The smallest absolute Gasteiger partial charge is 0.437 e. The minimum Gasteiger partial charge on any atom is -0.437 e. The van der Waals surface area contributed by atoms with Crippen molar-refractivity contribution >= 4 is 14.2 Å². The average Bonchev–Trinajstić information content (AvgIpc) is 2.65. The molecule has 3 aliphatic heterocycles. The van der Waals surface area contributed by atoms with E-state index in [1.165, 1.54) is 0 Å². The highest BCUT2D eigenvalue weighted by molar-refractivity contribution is 6.54. The Morgan fingerprint density at radius 2 is 1.61 bits per heavy atom. The number of morpholine rings is 1. The summed E-state index contributed by atoms with van der Waals surface area (Å²) in [6.07, 6.45) is 1.87. The minimum absolute atomic E-state index is 0.242. The molecular weight excluding hydrogens is 292 g/mol. The van der Waals surface area contributed by atoms with E-state index < -0.39 is 7.05 Å². The number of piperidine rings is 1. The first-order valence-corrected chi connectivity index (χ1v) is 8.70. The fraction of sp³-hybridized carbons (Fsp3) is 0.875. The molecule has 0 aliphatic carbocycles. The third kappa shape index (κ3) is 3.02.